The zero-order valence-electron chi connectivity index (χ0n) is 23.1. The number of fused-ring (bicyclic) bond motifs is 5. The molecule has 2 aromatic rings. The lowest BCUT2D eigenvalue weighted by Crippen LogP contribution is -2.58. The van der Waals surface area contributed by atoms with Crippen LogP contribution < -0.4 is 0 Å². The van der Waals surface area contributed by atoms with Crippen LogP contribution in [-0.4, -0.2) is 33.8 Å². The molecule has 0 spiro atoms. The minimum absolute atomic E-state index is 0.0163. The van der Waals surface area contributed by atoms with Crippen molar-refractivity contribution in [1.82, 2.24) is 4.90 Å². The molecule has 6 rings (SSSR count). The van der Waals surface area contributed by atoms with Gasteiger partial charge in [-0.15, -0.1) is 0 Å². The lowest BCUT2D eigenvalue weighted by atomic mass is 9.44. The van der Waals surface area contributed by atoms with E-state index < -0.39 is 5.60 Å². The third-order valence-electron chi connectivity index (χ3n) is 11.5. The van der Waals surface area contributed by atoms with E-state index in [0.29, 0.717) is 48.1 Å². The SMILES string of the molecule is C[C@]12CC[C@](O)(CN(Cc3ccccc3)C(=O)c3ccccc3)C[C@@H]1CC[C@@H]1[C@@H]2CC[C@]2(C)C(=O)CC[C@@H]12. The van der Waals surface area contributed by atoms with Gasteiger partial charge in [-0.05, 0) is 98.1 Å². The molecule has 1 N–H and O–H groups in total. The number of rotatable bonds is 5. The summed E-state index contributed by atoms with van der Waals surface area (Å²) in [7, 11) is 0. The van der Waals surface area contributed by atoms with Crippen LogP contribution in [-0.2, 0) is 11.3 Å². The monoisotopic (exact) mass is 513 g/mol. The third kappa shape index (κ3) is 4.33. The van der Waals surface area contributed by atoms with Crippen molar-refractivity contribution in [1.29, 1.82) is 0 Å². The fourth-order valence-corrected chi connectivity index (χ4v) is 9.36. The second kappa shape index (κ2) is 9.62. The van der Waals surface area contributed by atoms with E-state index in [0.717, 1.165) is 56.9 Å². The highest BCUT2D eigenvalue weighted by Gasteiger charge is 2.61. The van der Waals surface area contributed by atoms with Crippen LogP contribution in [0.2, 0.25) is 0 Å². The van der Waals surface area contributed by atoms with Gasteiger partial charge in [-0.2, -0.15) is 0 Å². The Balaban J connectivity index is 1.21. The van der Waals surface area contributed by atoms with Crippen molar-refractivity contribution in [3.05, 3.63) is 71.8 Å². The quantitative estimate of drug-likeness (QED) is 0.486. The first kappa shape index (κ1) is 25.8. The predicted molar refractivity (Wildman–Crippen MR) is 149 cm³/mol. The maximum Gasteiger partial charge on any atom is 0.254 e. The summed E-state index contributed by atoms with van der Waals surface area (Å²) in [5, 5.41) is 12.1. The van der Waals surface area contributed by atoms with Crippen molar-refractivity contribution >= 4 is 11.7 Å². The fourth-order valence-electron chi connectivity index (χ4n) is 9.36. The van der Waals surface area contributed by atoms with Gasteiger partial charge in [0, 0.05) is 23.9 Å². The van der Waals surface area contributed by atoms with Crippen molar-refractivity contribution in [3.8, 4) is 0 Å². The van der Waals surface area contributed by atoms with Crippen LogP contribution in [0, 0.1) is 34.5 Å². The van der Waals surface area contributed by atoms with Crippen LogP contribution in [0.3, 0.4) is 0 Å². The van der Waals surface area contributed by atoms with E-state index in [2.05, 4.69) is 26.0 Å². The van der Waals surface area contributed by atoms with E-state index in [4.69, 9.17) is 0 Å². The zero-order chi connectivity index (χ0) is 26.5. The molecule has 4 fully saturated rings. The molecule has 0 aromatic heterocycles. The first-order chi connectivity index (χ1) is 18.2. The van der Waals surface area contributed by atoms with Crippen molar-refractivity contribution in [2.24, 2.45) is 34.5 Å². The number of carbonyl (C=O) groups is 2. The molecule has 4 heteroatoms. The molecule has 0 saturated heterocycles. The van der Waals surface area contributed by atoms with Crippen LogP contribution in [0.15, 0.2) is 60.7 Å². The van der Waals surface area contributed by atoms with E-state index in [-0.39, 0.29) is 16.7 Å². The van der Waals surface area contributed by atoms with Gasteiger partial charge < -0.3 is 10.0 Å². The Morgan fingerprint density at radius 1 is 0.895 bits per heavy atom. The van der Waals surface area contributed by atoms with Gasteiger partial charge in [0.25, 0.3) is 5.91 Å². The molecule has 202 valence electrons. The fraction of sp³-hybridized carbons (Fsp3) is 0.588. The second-order valence-electron chi connectivity index (χ2n) is 13.5. The summed E-state index contributed by atoms with van der Waals surface area (Å²) in [5.74, 6) is 2.82. The van der Waals surface area contributed by atoms with Crippen LogP contribution in [0.5, 0.6) is 0 Å². The number of hydrogen-bond acceptors (Lipinski definition) is 3. The minimum atomic E-state index is -0.872. The molecule has 4 aliphatic carbocycles. The highest BCUT2D eigenvalue weighted by molar-refractivity contribution is 5.94. The van der Waals surface area contributed by atoms with Crippen molar-refractivity contribution in [2.75, 3.05) is 6.54 Å². The van der Waals surface area contributed by atoms with Gasteiger partial charge in [0.1, 0.15) is 5.78 Å². The summed E-state index contributed by atoms with van der Waals surface area (Å²) >= 11 is 0. The molecule has 1 amide bonds. The molecule has 4 nitrogen and oxygen atoms in total. The predicted octanol–water partition coefficient (Wildman–Crippen LogP) is 6.67. The van der Waals surface area contributed by atoms with Gasteiger partial charge in [-0.1, -0.05) is 62.4 Å². The van der Waals surface area contributed by atoms with Gasteiger partial charge in [-0.25, -0.2) is 0 Å². The number of ketones is 1. The second-order valence-corrected chi connectivity index (χ2v) is 13.5. The molecule has 0 aliphatic heterocycles. The standard InChI is InChI=1S/C34H43NO3/c1-32-19-20-34(38,21-26(32)13-14-27-28-15-16-30(36)33(28,2)18-17-29(27)32)23-35(22-24-9-5-3-6-10-24)31(37)25-11-7-4-8-12-25/h3-12,26-29,38H,13-23H2,1-2H3/t26-,27-,28-,29-,32-,33-,34+/m0/s1. The number of Topliss-reactive ketones (excluding diaryl/α,β-unsaturated/α-hetero) is 1. The van der Waals surface area contributed by atoms with E-state index in [9.17, 15) is 14.7 Å². The molecule has 0 heterocycles. The molecule has 0 radical (unpaired) electrons. The van der Waals surface area contributed by atoms with Crippen LogP contribution >= 0.6 is 0 Å². The lowest BCUT2D eigenvalue weighted by molar-refractivity contribution is -0.156. The van der Waals surface area contributed by atoms with E-state index in [1.54, 1.807) is 0 Å². The van der Waals surface area contributed by atoms with Crippen molar-refractivity contribution in [3.63, 3.8) is 0 Å². The zero-order valence-corrected chi connectivity index (χ0v) is 23.1. The maximum atomic E-state index is 13.6. The minimum Gasteiger partial charge on any atom is -0.388 e. The summed E-state index contributed by atoms with van der Waals surface area (Å²) in [5.41, 5.74) is 1.01. The molecule has 38 heavy (non-hydrogen) atoms. The van der Waals surface area contributed by atoms with Gasteiger partial charge in [0.05, 0.1) is 12.1 Å². The molecule has 2 aromatic carbocycles. The van der Waals surface area contributed by atoms with Crippen LogP contribution in [0.4, 0.5) is 0 Å². The summed E-state index contributed by atoms with van der Waals surface area (Å²) < 4.78 is 0. The van der Waals surface area contributed by atoms with E-state index in [1.807, 2.05) is 53.4 Å². The molecule has 4 saturated carbocycles. The molecule has 4 aliphatic rings. The van der Waals surface area contributed by atoms with Gasteiger partial charge in [-0.3, -0.25) is 9.59 Å². The van der Waals surface area contributed by atoms with Gasteiger partial charge in [0.15, 0.2) is 0 Å². The average Bonchev–Trinajstić information content (AvgIpc) is 3.23. The molecular formula is C34H43NO3. The number of amides is 1. The molecule has 7 atom stereocenters. The molecule has 0 unspecified atom stereocenters. The Morgan fingerprint density at radius 3 is 2.34 bits per heavy atom. The summed E-state index contributed by atoms with van der Waals surface area (Å²) in [6.45, 7) is 5.61. The maximum absolute atomic E-state index is 13.6. The average molecular weight is 514 g/mol. The normalized spacial score (nSPS) is 38.1. The third-order valence-corrected chi connectivity index (χ3v) is 11.5. The first-order valence-corrected chi connectivity index (χ1v) is 14.9. The van der Waals surface area contributed by atoms with E-state index >= 15 is 0 Å². The van der Waals surface area contributed by atoms with E-state index in [1.165, 1.54) is 6.42 Å². The number of benzene rings is 2. The number of aliphatic hydroxyl groups is 1. The highest BCUT2D eigenvalue weighted by atomic mass is 16.3. The number of hydrogen-bond donors (Lipinski definition) is 1. The van der Waals surface area contributed by atoms with Crippen molar-refractivity contribution < 1.29 is 14.7 Å². The largest absolute Gasteiger partial charge is 0.388 e. The number of carbonyl (C=O) groups excluding carboxylic acids is 2. The Labute approximate surface area is 227 Å². The van der Waals surface area contributed by atoms with Gasteiger partial charge in [0.2, 0.25) is 0 Å². The van der Waals surface area contributed by atoms with Crippen molar-refractivity contribution in [2.45, 2.75) is 83.8 Å². The first-order valence-electron chi connectivity index (χ1n) is 14.9. The Bertz CT molecular complexity index is 1180. The topological polar surface area (TPSA) is 57.6 Å². The Morgan fingerprint density at radius 2 is 1.61 bits per heavy atom. The lowest BCUT2D eigenvalue weighted by Gasteiger charge is -2.61. The Kier molecular flexibility index (Phi) is 6.53. The Hall–Kier alpha value is -2.46. The summed E-state index contributed by atoms with van der Waals surface area (Å²) in [6.07, 6.45) is 8.87. The highest BCUT2D eigenvalue weighted by Crippen LogP contribution is 2.66. The van der Waals surface area contributed by atoms with Crippen LogP contribution in [0.1, 0.15) is 87.6 Å². The summed E-state index contributed by atoms with van der Waals surface area (Å²) in [6, 6.07) is 19.6. The molecule has 0 bridgehead atoms. The van der Waals surface area contributed by atoms with Crippen LogP contribution in [0.25, 0.3) is 0 Å². The van der Waals surface area contributed by atoms with Gasteiger partial charge >= 0.3 is 0 Å². The summed E-state index contributed by atoms with van der Waals surface area (Å²) in [4.78, 5) is 28.3. The smallest absolute Gasteiger partial charge is 0.254 e. The molecular weight excluding hydrogens is 470 g/mol. The number of nitrogens with zero attached hydrogens (tertiary/aromatic N) is 1.